The van der Waals surface area contributed by atoms with Gasteiger partial charge in [-0.15, -0.1) is 0 Å². The van der Waals surface area contributed by atoms with Crippen molar-refractivity contribution in [1.82, 2.24) is 0 Å². The van der Waals surface area contributed by atoms with E-state index in [1.807, 2.05) is 0 Å². The minimum Gasteiger partial charge on any atom is -0.0654 e. The molecule has 1 aromatic rings. The van der Waals surface area contributed by atoms with Crippen molar-refractivity contribution in [2.24, 2.45) is 0 Å². The Labute approximate surface area is 100 Å². The van der Waals surface area contributed by atoms with E-state index in [1.165, 1.54) is 56.9 Å². The summed E-state index contributed by atoms with van der Waals surface area (Å²) < 4.78 is 0. The molecule has 0 unspecified atom stereocenters. The lowest BCUT2D eigenvalue weighted by Crippen LogP contribution is -2.29. The third kappa shape index (κ3) is 2.48. The molecule has 16 heavy (non-hydrogen) atoms. The van der Waals surface area contributed by atoms with Gasteiger partial charge in [0.15, 0.2) is 0 Å². The highest BCUT2D eigenvalue weighted by atomic mass is 14.4. The third-order valence-electron chi connectivity index (χ3n) is 4.10. The second-order valence-electron chi connectivity index (χ2n) is 5.22. The Morgan fingerprint density at radius 2 is 2.00 bits per heavy atom. The Morgan fingerprint density at radius 3 is 2.62 bits per heavy atom. The highest BCUT2D eigenvalue weighted by molar-refractivity contribution is 5.24. The van der Waals surface area contributed by atoms with Crippen molar-refractivity contribution in [3.63, 3.8) is 0 Å². The van der Waals surface area contributed by atoms with Crippen LogP contribution in [0.3, 0.4) is 0 Å². The van der Waals surface area contributed by atoms with Crippen LogP contribution in [0.4, 0.5) is 0 Å². The smallest absolute Gasteiger partial charge is 0.00408 e. The summed E-state index contributed by atoms with van der Waals surface area (Å²) >= 11 is 0. The standard InChI is InChI=1S/C16H23/c1-2-3-12-16(13-8-5-9-14-16)15-10-6-4-7-11-15/h4,6-7,10H,2-3,5,8-9,12-14H2,1H3. The number of hydrogen-bond donors (Lipinski definition) is 0. The quantitative estimate of drug-likeness (QED) is 0.671. The molecule has 1 radical (unpaired) electrons. The molecule has 0 nitrogen and oxygen atoms in total. The highest BCUT2D eigenvalue weighted by Crippen LogP contribution is 2.42. The van der Waals surface area contributed by atoms with Gasteiger partial charge in [-0.25, -0.2) is 0 Å². The van der Waals surface area contributed by atoms with Crippen LogP contribution in [0.2, 0.25) is 0 Å². The van der Waals surface area contributed by atoms with Gasteiger partial charge < -0.3 is 0 Å². The second-order valence-corrected chi connectivity index (χ2v) is 5.22. The number of rotatable bonds is 4. The van der Waals surface area contributed by atoms with Crippen LogP contribution >= 0.6 is 0 Å². The fraction of sp³-hybridized carbons (Fsp3) is 0.625. The zero-order chi connectivity index (χ0) is 11.3. The van der Waals surface area contributed by atoms with E-state index in [0.29, 0.717) is 5.41 Å². The normalized spacial score (nSPS) is 19.6. The zero-order valence-corrected chi connectivity index (χ0v) is 10.5. The largest absolute Gasteiger partial charge is 0.0654 e. The molecule has 0 spiro atoms. The minimum atomic E-state index is 0.468. The molecule has 1 aliphatic rings. The van der Waals surface area contributed by atoms with Gasteiger partial charge in [0, 0.05) is 0 Å². The van der Waals surface area contributed by atoms with Crippen molar-refractivity contribution in [2.45, 2.75) is 63.7 Å². The van der Waals surface area contributed by atoms with Crippen LogP contribution in [-0.4, -0.2) is 0 Å². The maximum atomic E-state index is 3.49. The predicted molar refractivity (Wildman–Crippen MR) is 69.6 cm³/mol. The van der Waals surface area contributed by atoms with Crippen molar-refractivity contribution in [1.29, 1.82) is 0 Å². The SMILES string of the molecule is CCCCC1(c2[c]cccc2)CCCCC1. The van der Waals surface area contributed by atoms with Gasteiger partial charge in [-0.1, -0.05) is 63.3 Å². The summed E-state index contributed by atoms with van der Waals surface area (Å²) in [5.41, 5.74) is 1.94. The van der Waals surface area contributed by atoms with Crippen molar-refractivity contribution < 1.29 is 0 Å². The molecule has 0 aromatic heterocycles. The molecule has 1 saturated carbocycles. The molecule has 1 aliphatic carbocycles. The summed E-state index contributed by atoms with van der Waals surface area (Å²) in [6, 6.07) is 12.1. The van der Waals surface area contributed by atoms with Crippen LogP contribution in [0.1, 0.15) is 63.9 Å². The van der Waals surface area contributed by atoms with Gasteiger partial charge in [-0.05, 0) is 36.3 Å². The molecule has 0 heterocycles. The molecular formula is C16H23. The Bertz CT molecular complexity index is 293. The molecule has 0 saturated heterocycles. The van der Waals surface area contributed by atoms with E-state index in [9.17, 15) is 0 Å². The Morgan fingerprint density at radius 1 is 1.19 bits per heavy atom. The Balaban J connectivity index is 2.19. The molecule has 0 aliphatic heterocycles. The fourth-order valence-corrected chi connectivity index (χ4v) is 3.12. The first-order valence-electron chi connectivity index (χ1n) is 6.85. The average Bonchev–Trinajstić information content (AvgIpc) is 2.38. The predicted octanol–water partition coefficient (Wildman–Crippen LogP) is 4.88. The monoisotopic (exact) mass is 215 g/mol. The summed E-state index contributed by atoms with van der Waals surface area (Å²) in [5, 5.41) is 0. The molecular weight excluding hydrogens is 192 g/mol. The van der Waals surface area contributed by atoms with Crippen LogP contribution in [0.5, 0.6) is 0 Å². The van der Waals surface area contributed by atoms with Gasteiger partial charge in [-0.2, -0.15) is 0 Å². The summed E-state index contributed by atoms with van der Waals surface area (Å²) in [7, 11) is 0. The fourth-order valence-electron chi connectivity index (χ4n) is 3.12. The first kappa shape index (κ1) is 11.7. The van der Waals surface area contributed by atoms with Gasteiger partial charge in [0.05, 0.1) is 0 Å². The second kappa shape index (κ2) is 5.52. The van der Waals surface area contributed by atoms with E-state index in [2.05, 4.69) is 37.3 Å². The van der Waals surface area contributed by atoms with Crippen molar-refractivity contribution >= 4 is 0 Å². The molecule has 0 amide bonds. The van der Waals surface area contributed by atoms with Crippen LogP contribution < -0.4 is 0 Å². The van der Waals surface area contributed by atoms with E-state index in [1.54, 1.807) is 0 Å². The van der Waals surface area contributed by atoms with E-state index in [-0.39, 0.29) is 0 Å². The van der Waals surface area contributed by atoms with E-state index in [0.717, 1.165) is 0 Å². The van der Waals surface area contributed by atoms with Crippen molar-refractivity contribution in [3.8, 4) is 0 Å². The topological polar surface area (TPSA) is 0 Å². The molecule has 1 aromatic carbocycles. The molecule has 1 fully saturated rings. The summed E-state index contributed by atoms with van der Waals surface area (Å²) in [6.45, 7) is 2.30. The minimum absolute atomic E-state index is 0.468. The van der Waals surface area contributed by atoms with Crippen molar-refractivity contribution in [3.05, 3.63) is 35.9 Å². The Hall–Kier alpha value is -0.780. The lowest BCUT2D eigenvalue weighted by molar-refractivity contribution is 0.267. The van der Waals surface area contributed by atoms with Crippen LogP contribution in [0.25, 0.3) is 0 Å². The Kier molecular flexibility index (Phi) is 4.04. The number of benzene rings is 1. The molecule has 0 N–H and O–H groups in total. The first-order valence-corrected chi connectivity index (χ1v) is 6.85. The average molecular weight is 215 g/mol. The summed E-state index contributed by atoms with van der Waals surface area (Å²) in [4.78, 5) is 0. The lowest BCUT2D eigenvalue weighted by atomic mass is 9.67. The number of unbranched alkanes of at least 4 members (excludes halogenated alkanes) is 1. The van der Waals surface area contributed by atoms with E-state index >= 15 is 0 Å². The van der Waals surface area contributed by atoms with E-state index in [4.69, 9.17) is 0 Å². The summed E-state index contributed by atoms with van der Waals surface area (Å²) in [6.07, 6.45) is 11.1. The first-order chi connectivity index (χ1) is 7.87. The van der Waals surface area contributed by atoms with Gasteiger partial charge in [-0.3, -0.25) is 0 Å². The number of hydrogen-bond acceptors (Lipinski definition) is 0. The van der Waals surface area contributed by atoms with Crippen molar-refractivity contribution in [2.75, 3.05) is 0 Å². The highest BCUT2D eigenvalue weighted by Gasteiger charge is 2.32. The molecule has 2 rings (SSSR count). The van der Waals surface area contributed by atoms with E-state index < -0.39 is 0 Å². The molecule has 87 valence electrons. The zero-order valence-electron chi connectivity index (χ0n) is 10.5. The molecule has 0 heteroatoms. The molecule has 0 bridgehead atoms. The maximum Gasteiger partial charge on any atom is -0.00408 e. The van der Waals surface area contributed by atoms with Gasteiger partial charge in [0.1, 0.15) is 0 Å². The third-order valence-corrected chi connectivity index (χ3v) is 4.10. The van der Waals surface area contributed by atoms with Gasteiger partial charge in [0.25, 0.3) is 0 Å². The van der Waals surface area contributed by atoms with Crippen LogP contribution in [0.15, 0.2) is 24.3 Å². The van der Waals surface area contributed by atoms with Crippen LogP contribution in [0, 0.1) is 6.07 Å². The maximum absolute atomic E-state index is 3.49. The lowest BCUT2D eigenvalue weighted by Gasteiger charge is -2.38. The summed E-state index contributed by atoms with van der Waals surface area (Å²) in [5.74, 6) is 0. The molecule has 0 atom stereocenters. The van der Waals surface area contributed by atoms with Crippen LogP contribution in [-0.2, 0) is 5.41 Å². The van der Waals surface area contributed by atoms with Gasteiger partial charge >= 0.3 is 0 Å². The van der Waals surface area contributed by atoms with Gasteiger partial charge in [0.2, 0.25) is 0 Å².